The maximum absolute atomic E-state index is 14.1. The van der Waals surface area contributed by atoms with Gasteiger partial charge in [0.2, 0.25) is 5.91 Å². The van der Waals surface area contributed by atoms with E-state index in [1.54, 1.807) is 30.3 Å². The Hall–Kier alpha value is -2.64. The van der Waals surface area contributed by atoms with Crippen LogP contribution in [0.5, 0.6) is 0 Å². The third kappa shape index (κ3) is 5.29. The number of hydrogen-bond acceptors (Lipinski definition) is 3. The average molecular weight is 433 g/mol. The highest BCUT2D eigenvalue weighted by atomic mass is 35.5. The number of nitrogens with one attached hydrogen (secondary N) is 3. The van der Waals surface area contributed by atoms with Gasteiger partial charge >= 0.3 is 6.03 Å². The van der Waals surface area contributed by atoms with E-state index >= 15 is 0 Å². The van der Waals surface area contributed by atoms with Crippen molar-refractivity contribution in [1.82, 2.24) is 10.2 Å². The third-order valence-electron chi connectivity index (χ3n) is 5.16. The topological polar surface area (TPSA) is 73.5 Å². The highest BCUT2D eigenvalue weighted by molar-refractivity contribution is 6.30. The fraction of sp³-hybridized carbons (Fsp3) is 0.364. The second-order valence-electron chi connectivity index (χ2n) is 7.70. The molecule has 1 aliphatic rings. The van der Waals surface area contributed by atoms with E-state index in [2.05, 4.69) is 34.7 Å². The third-order valence-corrected chi connectivity index (χ3v) is 5.47. The molecule has 8 heteroatoms. The summed E-state index contributed by atoms with van der Waals surface area (Å²) in [6.07, 6.45) is 0.752. The molecule has 0 saturated carbocycles. The molecule has 1 saturated heterocycles. The van der Waals surface area contributed by atoms with E-state index in [0.717, 1.165) is 18.5 Å². The Kier molecular flexibility index (Phi) is 6.95. The van der Waals surface area contributed by atoms with Crippen LogP contribution in [0.1, 0.15) is 38.8 Å². The molecule has 1 heterocycles. The predicted molar refractivity (Wildman–Crippen MR) is 117 cm³/mol. The van der Waals surface area contributed by atoms with Crippen molar-refractivity contribution < 1.29 is 14.0 Å². The Morgan fingerprint density at radius 3 is 2.30 bits per heavy atom. The van der Waals surface area contributed by atoms with Gasteiger partial charge in [0.15, 0.2) is 0 Å². The number of urea groups is 1. The van der Waals surface area contributed by atoms with Crippen LogP contribution in [0, 0.1) is 5.82 Å². The van der Waals surface area contributed by atoms with Gasteiger partial charge in [0, 0.05) is 30.9 Å². The van der Waals surface area contributed by atoms with E-state index in [4.69, 9.17) is 11.6 Å². The van der Waals surface area contributed by atoms with E-state index < -0.39 is 5.82 Å². The van der Waals surface area contributed by atoms with Gasteiger partial charge in [-0.1, -0.05) is 17.7 Å². The number of hydrogen-bond donors (Lipinski definition) is 3. The standard InChI is InChI=1S/C22H26ClFN4O2/c1-13(2)28-11-10-20(21(28)15-4-9-18(23)19(24)12-15)27-22(30)26-17-7-5-16(6-8-17)25-14(3)29/h4-9,12-13,20-21H,10-11H2,1-3H3,(H,25,29)(H2,26,27,30)/t20-,21+/m0/s1. The number of amides is 3. The number of carbonyl (C=O) groups is 2. The minimum absolute atomic E-state index is 0.0813. The molecule has 3 N–H and O–H groups in total. The number of carbonyl (C=O) groups excluding carboxylic acids is 2. The molecule has 30 heavy (non-hydrogen) atoms. The lowest BCUT2D eigenvalue weighted by molar-refractivity contribution is -0.114. The number of nitrogens with zero attached hydrogens (tertiary/aromatic N) is 1. The van der Waals surface area contributed by atoms with E-state index in [-0.39, 0.29) is 35.1 Å². The smallest absolute Gasteiger partial charge is 0.319 e. The van der Waals surface area contributed by atoms with Gasteiger partial charge in [0.05, 0.1) is 17.1 Å². The summed E-state index contributed by atoms with van der Waals surface area (Å²) in [4.78, 5) is 26.0. The quantitative estimate of drug-likeness (QED) is 0.636. The summed E-state index contributed by atoms with van der Waals surface area (Å²) in [5.74, 6) is -0.624. The first-order chi connectivity index (χ1) is 14.2. The van der Waals surface area contributed by atoms with Gasteiger partial charge < -0.3 is 16.0 Å². The van der Waals surface area contributed by atoms with Gasteiger partial charge in [-0.25, -0.2) is 9.18 Å². The summed E-state index contributed by atoms with van der Waals surface area (Å²) < 4.78 is 14.1. The number of anilines is 2. The molecule has 0 aliphatic carbocycles. The Morgan fingerprint density at radius 2 is 1.73 bits per heavy atom. The van der Waals surface area contributed by atoms with Crippen LogP contribution >= 0.6 is 11.6 Å². The van der Waals surface area contributed by atoms with Crippen LogP contribution in [-0.4, -0.2) is 35.5 Å². The van der Waals surface area contributed by atoms with Gasteiger partial charge in [0.1, 0.15) is 5.82 Å². The highest BCUT2D eigenvalue weighted by Gasteiger charge is 2.37. The number of benzene rings is 2. The fourth-order valence-electron chi connectivity index (χ4n) is 3.84. The van der Waals surface area contributed by atoms with E-state index in [0.29, 0.717) is 11.4 Å². The molecule has 0 radical (unpaired) electrons. The van der Waals surface area contributed by atoms with Crippen molar-refractivity contribution in [1.29, 1.82) is 0 Å². The normalized spacial score (nSPS) is 19.0. The zero-order valence-electron chi connectivity index (χ0n) is 17.2. The second kappa shape index (κ2) is 9.45. The molecule has 1 aliphatic heterocycles. The fourth-order valence-corrected chi connectivity index (χ4v) is 3.96. The highest BCUT2D eigenvalue weighted by Crippen LogP contribution is 2.35. The lowest BCUT2D eigenvalue weighted by atomic mass is 9.99. The zero-order valence-corrected chi connectivity index (χ0v) is 18.0. The Balaban J connectivity index is 1.71. The van der Waals surface area contributed by atoms with Crippen LogP contribution in [0.2, 0.25) is 5.02 Å². The van der Waals surface area contributed by atoms with Crippen molar-refractivity contribution in [2.24, 2.45) is 0 Å². The van der Waals surface area contributed by atoms with Crippen molar-refractivity contribution >= 4 is 34.9 Å². The van der Waals surface area contributed by atoms with Crippen LogP contribution in [0.3, 0.4) is 0 Å². The number of halogens is 2. The number of rotatable bonds is 5. The minimum atomic E-state index is -0.466. The second-order valence-corrected chi connectivity index (χ2v) is 8.11. The molecule has 0 aromatic heterocycles. The van der Waals surface area contributed by atoms with Gasteiger partial charge in [-0.3, -0.25) is 9.69 Å². The minimum Gasteiger partial charge on any atom is -0.333 e. The van der Waals surface area contributed by atoms with Gasteiger partial charge in [-0.2, -0.15) is 0 Å². The largest absolute Gasteiger partial charge is 0.333 e. The molecular formula is C22H26ClFN4O2. The Morgan fingerprint density at radius 1 is 1.10 bits per heavy atom. The summed E-state index contributed by atoms with van der Waals surface area (Å²) in [6.45, 7) is 6.39. The molecule has 160 valence electrons. The van der Waals surface area contributed by atoms with Crippen LogP contribution in [0.15, 0.2) is 42.5 Å². The van der Waals surface area contributed by atoms with Gasteiger partial charge in [-0.15, -0.1) is 0 Å². The summed E-state index contributed by atoms with van der Waals surface area (Å²) in [7, 11) is 0. The molecule has 0 unspecified atom stereocenters. The SMILES string of the molecule is CC(=O)Nc1ccc(NC(=O)N[C@H]2CCN(C(C)C)[C@@H]2c2ccc(Cl)c(F)c2)cc1. The maximum atomic E-state index is 14.1. The lowest BCUT2D eigenvalue weighted by Gasteiger charge is -2.32. The first-order valence-corrected chi connectivity index (χ1v) is 10.3. The molecule has 2 atom stereocenters. The van der Waals surface area contributed by atoms with Crippen molar-refractivity contribution in [2.75, 3.05) is 17.2 Å². The monoisotopic (exact) mass is 432 g/mol. The number of likely N-dealkylation sites (tertiary alicyclic amines) is 1. The summed E-state index contributed by atoms with van der Waals surface area (Å²) in [5, 5.41) is 8.59. The van der Waals surface area contributed by atoms with E-state index in [9.17, 15) is 14.0 Å². The Bertz CT molecular complexity index is 920. The molecule has 2 aromatic carbocycles. The predicted octanol–water partition coefficient (Wildman–Crippen LogP) is 4.78. The molecule has 6 nitrogen and oxygen atoms in total. The lowest BCUT2D eigenvalue weighted by Crippen LogP contribution is -2.43. The van der Waals surface area contributed by atoms with E-state index in [1.807, 2.05) is 6.07 Å². The van der Waals surface area contributed by atoms with Crippen molar-refractivity contribution in [3.8, 4) is 0 Å². The average Bonchev–Trinajstić information content (AvgIpc) is 3.09. The summed E-state index contributed by atoms with van der Waals surface area (Å²) in [6, 6.07) is 11.2. The molecule has 3 amide bonds. The zero-order chi connectivity index (χ0) is 21.8. The summed E-state index contributed by atoms with van der Waals surface area (Å²) >= 11 is 5.84. The first kappa shape index (κ1) is 22.1. The summed E-state index contributed by atoms with van der Waals surface area (Å²) in [5.41, 5.74) is 2.05. The van der Waals surface area contributed by atoms with E-state index in [1.165, 1.54) is 13.0 Å². The van der Waals surface area contributed by atoms with Crippen LogP contribution in [-0.2, 0) is 4.79 Å². The molecule has 2 aromatic rings. The van der Waals surface area contributed by atoms with Crippen molar-refractivity contribution in [3.05, 3.63) is 58.9 Å². The van der Waals surface area contributed by atoms with Crippen LogP contribution in [0.4, 0.5) is 20.6 Å². The molecule has 3 rings (SSSR count). The first-order valence-electron chi connectivity index (χ1n) is 9.90. The molecular weight excluding hydrogens is 407 g/mol. The van der Waals surface area contributed by atoms with Crippen molar-refractivity contribution in [3.63, 3.8) is 0 Å². The van der Waals surface area contributed by atoms with Crippen LogP contribution in [0.25, 0.3) is 0 Å². The van der Waals surface area contributed by atoms with Gasteiger partial charge in [0.25, 0.3) is 0 Å². The molecule has 0 spiro atoms. The van der Waals surface area contributed by atoms with Crippen molar-refractivity contribution in [2.45, 2.75) is 45.3 Å². The Labute approximate surface area is 180 Å². The van der Waals surface area contributed by atoms with Crippen LogP contribution < -0.4 is 16.0 Å². The van der Waals surface area contributed by atoms with Gasteiger partial charge in [-0.05, 0) is 62.2 Å². The maximum Gasteiger partial charge on any atom is 0.319 e. The molecule has 0 bridgehead atoms. The molecule has 1 fully saturated rings.